The van der Waals surface area contributed by atoms with Gasteiger partial charge in [-0.1, -0.05) is 38.3 Å². The molecular weight excluding hydrogens is 311 g/mol. The first-order chi connectivity index (χ1) is 6.68. The minimum Gasteiger partial charge on any atom is -0.207 e. The summed E-state index contributed by atoms with van der Waals surface area (Å²) in [6.07, 6.45) is 3.42. The molecule has 1 fully saturated rings. The van der Waals surface area contributed by atoms with Crippen LogP contribution in [-0.4, -0.2) is 4.83 Å². The van der Waals surface area contributed by atoms with Crippen molar-refractivity contribution >= 4 is 31.9 Å². The predicted octanol–water partition coefficient (Wildman–Crippen LogP) is 4.62. The first-order valence-electron chi connectivity index (χ1n) is 4.77. The van der Waals surface area contributed by atoms with E-state index in [-0.39, 0.29) is 5.82 Å². The Morgan fingerprint density at radius 2 is 2.07 bits per heavy atom. The minimum absolute atomic E-state index is 0.0791. The van der Waals surface area contributed by atoms with Crippen LogP contribution in [0.25, 0.3) is 0 Å². The highest BCUT2D eigenvalue weighted by Gasteiger charge is 2.28. The van der Waals surface area contributed by atoms with Gasteiger partial charge in [0.2, 0.25) is 0 Å². The van der Waals surface area contributed by atoms with Crippen molar-refractivity contribution in [3.63, 3.8) is 0 Å². The first-order valence-corrected chi connectivity index (χ1v) is 6.48. The van der Waals surface area contributed by atoms with Gasteiger partial charge in [0.1, 0.15) is 5.82 Å². The molecule has 0 aliphatic heterocycles. The van der Waals surface area contributed by atoms with Crippen LogP contribution in [0, 0.1) is 5.82 Å². The molecule has 1 aromatic rings. The summed E-state index contributed by atoms with van der Waals surface area (Å²) in [6.45, 7) is 0. The number of alkyl halides is 1. The third-order valence-electron chi connectivity index (χ3n) is 2.79. The summed E-state index contributed by atoms with van der Waals surface area (Å²) >= 11 is 7.00. The molecule has 1 aliphatic rings. The fourth-order valence-electron chi connectivity index (χ4n) is 2.06. The van der Waals surface area contributed by atoms with Gasteiger partial charge in [0.15, 0.2) is 0 Å². The molecule has 0 radical (unpaired) electrons. The minimum atomic E-state index is -0.0791. The molecule has 0 spiro atoms. The molecule has 0 aromatic heterocycles. The van der Waals surface area contributed by atoms with E-state index in [0.717, 1.165) is 22.9 Å². The molecule has 2 atom stereocenters. The number of hydrogen-bond acceptors (Lipinski definition) is 0. The van der Waals surface area contributed by atoms with Gasteiger partial charge in [-0.05, 0) is 42.5 Å². The Bertz CT molecular complexity index is 338. The van der Waals surface area contributed by atoms with Crippen molar-refractivity contribution in [3.05, 3.63) is 34.1 Å². The maximum absolute atomic E-state index is 13.6. The van der Waals surface area contributed by atoms with Crippen LogP contribution in [0.15, 0.2) is 22.7 Å². The van der Waals surface area contributed by atoms with Crippen LogP contribution in [0.2, 0.25) is 0 Å². The van der Waals surface area contributed by atoms with Gasteiger partial charge < -0.3 is 0 Å². The zero-order valence-electron chi connectivity index (χ0n) is 7.64. The number of rotatable bonds is 1. The van der Waals surface area contributed by atoms with E-state index in [9.17, 15) is 4.39 Å². The number of halogens is 3. The van der Waals surface area contributed by atoms with Gasteiger partial charge in [0.05, 0.1) is 0 Å². The maximum Gasteiger partial charge on any atom is 0.126 e. The third kappa shape index (κ3) is 2.03. The summed E-state index contributed by atoms with van der Waals surface area (Å²) in [4.78, 5) is 0.436. The molecule has 1 aromatic carbocycles. The van der Waals surface area contributed by atoms with Crippen molar-refractivity contribution in [2.45, 2.75) is 30.0 Å². The maximum atomic E-state index is 13.6. The fraction of sp³-hybridized carbons (Fsp3) is 0.455. The second kappa shape index (κ2) is 4.31. The molecule has 0 N–H and O–H groups in total. The van der Waals surface area contributed by atoms with E-state index >= 15 is 0 Å². The molecule has 0 amide bonds. The molecule has 2 rings (SSSR count). The Labute approximate surface area is 100 Å². The van der Waals surface area contributed by atoms with Crippen molar-refractivity contribution in [1.82, 2.24) is 0 Å². The standard InChI is InChI=1S/C11H11Br2F/c12-7-4-5-11(14)9(6-7)8-2-1-3-10(8)13/h4-6,8,10H,1-3H2. The highest BCUT2D eigenvalue weighted by molar-refractivity contribution is 9.10. The predicted molar refractivity (Wildman–Crippen MR) is 63.4 cm³/mol. The number of benzene rings is 1. The lowest BCUT2D eigenvalue weighted by molar-refractivity contribution is 0.584. The normalized spacial score (nSPS) is 26.8. The molecule has 3 heteroatoms. The van der Waals surface area contributed by atoms with E-state index in [1.54, 1.807) is 6.07 Å². The monoisotopic (exact) mass is 320 g/mol. The Morgan fingerprint density at radius 3 is 2.71 bits per heavy atom. The molecule has 2 unspecified atom stereocenters. The average molecular weight is 322 g/mol. The third-order valence-corrected chi connectivity index (χ3v) is 4.38. The second-order valence-electron chi connectivity index (χ2n) is 3.72. The van der Waals surface area contributed by atoms with Gasteiger partial charge in [0.25, 0.3) is 0 Å². The number of hydrogen-bond donors (Lipinski definition) is 0. The Kier molecular flexibility index (Phi) is 3.27. The Balaban J connectivity index is 2.34. The van der Waals surface area contributed by atoms with Gasteiger partial charge >= 0.3 is 0 Å². The van der Waals surface area contributed by atoms with Gasteiger partial charge in [-0.2, -0.15) is 0 Å². The molecule has 0 bridgehead atoms. The topological polar surface area (TPSA) is 0 Å². The van der Waals surface area contributed by atoms with E-state index in [1.807, 2.05) is 6.07 Å². The Morgan fingerprint density at radius 1 is 1.29 bits per heavy atom. The molecule has 76 valence electrons. The van der Waals surface area contributed by atoms with Crippen LogP contribution >= 0.6 is 31.9 Å². The molecule has 0 saturated heterocycles. The zero-order chi connectivity index (χ0) is 10.1. The summed E-state index contributed by atoms with van der Waals surface area (Å²) in [5.41, 5.74) is 0.846. The van der Waals surface area contributed by atoms with Crippen LogP contribution in [0.3, 0.4) is 0 Å². The van der Waals surface area contributed by atoms with Crippen LogP contribution in [0.1, 0.15) is 30.7 Å². The van der Waals surface area contributed by atoms with Crippen LogP contribution in [0.4, 0.5) is 4.39 Å². The van der Waals surface area contributed by atoms with E-state index < -0.39 is 0 Å². The van der Waals surface area contributed by atoms with Gasteiger partial charge in [-0.15, -0.1) is 0 Å². The van der Waals surface area contributed by atoms with Gasteiger partial charge in [-0.25, -0.2) is 4.39 Å². The molecule has 0 heterocycles. The molecule has 0 nitrogen and oxygen atoms in total. The molecule has 1 saturated carbocycles. The largest absolute Gasteiger partial charge is 0.207 e. The van der Waals surface area contributed by atoms with Crippen LogP contribution in [0.5, 0.6) is 0 Å². The summed E-state index contributed by atoms with van der Waals surface area (Å²) in [5.74, 6) is 0.261. The summed E-state index contributed by atoms with van der Waals surface area (Å²) in [6, 6.07) is 5.19. The SMILES string of the molecule is Fc1ccc(Br)cc1C1CCCC1Br. The lowest BCUT2D eigenvalue weighted by Gasteiger charge is -2.15. The molecule has 1 aliphatic carbocycles. The van der Waals surface area contributed by atoms with Crippen LogP contribution < -0.4 is 0 Å². The quantitative estimate of drug-likeness (QED) is 0.662. The van der Waals surface area contributed by atoms with Gasteiger partial charge in [-0.3, -0.25) is 0 Å². The summed E-state index contributed by atoms with van der Waals surface area (Å²) in [5, 5.41) is 0. The fourth-order valence-corrected chi connectivity index (χ4v) is 3.32. The smallest absolute Gasteiger partial charge is 0.126 e. The lowest BCUT2D eigenvalue weighted by atomic mass is 9.97. The average Bonchev–Trinajstić information content (AvgIpc) is 2.56. The highest BCUT2D eigenvalue weighted by Crippen LogP contribution is 2.40. The van der Waals surface area contributed by atoms with E-state index in [2.05, 4.69) is 31.9 Å². The summed E-state index contributed by atoms with van der Waals surface area (Å²) in [7, 11) is 0. The highest BCUT2D eigenvalue weighted by atomic mass is 79.9. The zero-order valence-corrected chi connectivity index (χ0v) is 10.8. The van der Waals surface area contributed by atoms with E-state index in [0.29, 0.717) is 10.7 Å². The first kappa shape index (κ1) is 10.6. The van der Waals surface area contributed by atoms with Crippen molar-refractivity contribution in [3.8, 4) is 0 Å². The second-order valence-corrected chi connectivity index (χ2v) is 5.81. The van der Waals surface area contributed by atoms with Crippen molar-refractivity contribution in [2.75, 3.05) is 0 Å². The van der Waals surface area contributed by atoms with Crippen molar-refractivity contribution in [2.24, 2.45) is 0 Å². The Hall–Kier alpha value is 0.110. The van der Waals surface area contributed by atoms with Crippen molar-refractivity contribution in [1.29, 1.82) is 0 Å². The lowest BCUT2D eigenvalue weighted by Crippen LogP contribution is -2.06. The van der Waals surface area contributed by atoms with Crippen molar-refractivity contribution < 1.29 is 4.39 Å². The summed E-state index contributed by atoms with van der Waals surface area (Å²) < 4.78 is 14.5. The molecule has 14 heavy (non-hydrogen) atoms. The van der Waals surface area contributed by atoms with Crippen LogP contribution in [-0.2, 0) is 0 Å². The van der Waals surface area contributed by atoms with E-state index in [1.165, 1.54) is 12.5 Å². The molecular formula is C11H11Br2F. The van der Waals surface area contributed by atoms with Gasteiger partial charge in [0, 0.05) is 9.30 Å². The van der Waals surface area contributed by atoms with E-state index in [4.69, 9.17) is 0 Å².